The van der Waals surface area contributed by atoms with Crippen molar-refractivity contribution in [1.82, 2.24) is 15.2 Å². The number of amides is 1. The van der Waals surface area contributed by atoms with Crippen LogP contribution in [0, 0.1) is 6.92 Å². The first kappa shape index (κ1) is 20.0. The molecule has 1 aromatic carbocycles. The van der Waals surface area contributed by atoms with Crippen molar-refractivity contribution < 1.29 is 4.79 Å². The fourth-order valence-electron chi connectivity index (χ4n) is 3.41. The van der Waals surface area contributed by atoms with Crippen LogP contribution in [0.3, 0.4) is 0 Å². The Morgan fingerprint density at radius 3 is 2.68 bits per heavy atom. The van der Waals surface area contributed by atoms with Crippen LogP contribution in [0.1, 0.15) is 47.3 Å². The number of piperazine rings is 1. The number of hydrogen-bond donors (Lipinski definition) is 1. The van der Waals surface area contributed by atoms with Crippen LogP contribution in [0.15, 0.2) is 24.3 Å². The first-order valence-corrected chi connectivity index (χ1v) is 8.56. The number of benzene rings is 1. The maximum absolute atomic E-state index is 13.1. The highest BCUT2D eigenvalue weighted by atomic mass is 35.5. The maximum atomic E-state index is 13.1. The first-order valence-electron chi connectivity index (χ1n) is 8.56. The summed E-state index contributed by atoms with van der Waals surface area (Å²) in [4.78, 5) is 19.9. The molecule has 6 heteroatoms. The standard InChI is InChI=1S/C19H23N3O.2ClH/c1-12-3-6-17-15(9-12)16(10-18(21-17)14-4-5-14)19(23)22-8-7-20-13(2)11-22;;/h3,6,9-10,13-14,20H,4-5,7-8,11H2,1-2H3;2*1H. The number of carbonyl (C=O) groups is 1. The molecule has 1 unspecified atom stereocenters. The second-order valence-electron chi connectivity index (χ2n) is 7.00. The van der Waals surface area contributed by atoms with Crippen LogP contribution in [0.5, 0.6) is 0 Å². The van der Waals surface area contributed by atoms with Gasteiger partial charge in [0.1, 0.15) is 0 Å². The van der Waals surface area contributed by atoms with E-state index in [1.54, 1.807) is 0 Å². The molecule has 1 atom stereocenters. The minimum Gasteiger partial charge on any atom is -0.336 e. The first-order chi connectivity index (χ1) is 11.1. The number of fused-ring (bicyclic) bond motifs is 1. The number of hydrogen-bond acceptors (Lipinski definition) is 3. The van der Waals surface area contributed by atoms with E-state index in [-0.39, 0.29) is 30.7 Å². The molecular weight excluding hydrogens is 357 g/mol. The van der Waals surface area contributed by atoms with Crippen molar-refractivity contribution in [3.63, 3.8) is 0 Å². The number of carbonyl (C=O) groups excluding carboxylic acids is 1. The molecule has 25 heavy (non-hydrogen) atoms. The van der Waals surface area contributed by atoms with Gasteiger partial charge in [-0.25, -0.2) is 0 Å². The Balaban J connectivity index is 0.00000113. The Kier molecular flexibility index (Phi) is 6.30. The van der Waals surface area contributed by atoms with E-state index < -0.39 is 0 Å². The lowest BCUT2D eigenvalue weighted by Crippen LogP contribution is -2.51. The predicted molar refractivity (Wildman–Crippen MR) is 106 cm³/mol. The summed E-state index contributed by atoms with van der Waals surface area (Å²) in [6, 6.07) is 8.62. The van der Waals surface area contributed by atoms with Gasteiger partial charge in [0.25, 0.3) is 5.91 Å². The molecule has 1 aromatic heterocycles. The highest BCUT2D eigenvalue weighted by Gasteiger charge is 2.29. The van der Waals surface area contributed by atoms with E-state index in [0.717, 1.165) is 41.8 Å². The van der Waals surface area contributed by atoms with Gasteiger partial charge in [0, 0.05) is 42.7 Å². The zero-order valence-electron chi connectivity index (χ0n) is 14.6. The van der Waals surface area contributed by atoms with Crippen LogP contribution in [-0.4, -0.2) is 41.5 Å². The SMILES string of the molecule is Cc1ccc2nc(C3CC3)cc(C(=O)N3CCNC(C)C3)c2c1.Cl.Cl. The van der Waals surface area contributed by atoms with Gasteiger partial charge in [0.2, 0.25) is 0 Å². The van der Waals surface area contributed by atoms with Gasteiger partial charge in [-0.1, -0.05) is 11.6 Å². The molecule has 136 valence electrons. The fraction of sp³-hybridized carbons (Fsp3) is 0.474. The second kappa shape index (κ2) is 7.90. The molecular formula is C19H25Cl2N3O. The third-order valence-corrected chi connectivity index (χ3v) is 4.87. The number of aryl methyl sites for hydroxylation is 1. The smallest absolute Gasteiger partial charge is 0.254 e. The average Bonchev–Trinajstić information content (AvgIpc) is 3.38. The third-order valence-electron chi connectivity index (χ3n) is 4.87. The zero-order chi connectivity index (χ0) is 16.0. The van der Waals surface area contributed by atoms with E-state index in [1.165, 1.54) is 18.4 Å². The Labute approximate surface area is 161 Å². The molecule has 1 amide bonds. The van der Waals surface area contributed by atoms with Crippen molar-refractivity contribution in [2.45, 2.75) is 38.6 Å². The van der Waals surface area contributed by atoms with Gasteiger partial charge >= 0.3 is 0 Å². The van der Waals surface area contributed by atoms with Gasteiger partial charge in [-0.2, -0.15) is 0 Å². The van der Waals surface area contributed by atoms with Crippen molar-refractivity contribution in [2.24, 2.45) is 0 Å². The van der Waals surface area contributed by atoms with E-state index >= 15 is 0 Å². The molecule has 1 N–H and O–H groups in total. The number of nitrogens with zero attached hydrogens (tertiary/aromatic N) is 2. The quantitative estimate of drug-likeness (QED) is 0.862. The van der Waals surface area contributed by atoms with E-state index in [1.807, 2.05) is 11.0 Å². The second-order valence-corrected chi connectivity index (χ2v) is 7.00. The van der Waals surface area contributed by atoms with Crippen LogP contribution in [0.4, 0.5) is 0 Å². The molecule has 2 fully saturated rings. The molecule has 0 radical (unpaired) electrons. The Bertz CT molecular complexity index is 777. The Morgan fingerprint density at radius 1 is 1.24 bits per heavy atom. The monoisotopic (exact) mass is 381 g/mol. The molecule has 2 aliphatic rings. The number of halogens is 2. The van der Waals surface area contributed by atoms with Gasteiger partial charge in [-0.3, -0.25) is 9.78 Å². The summed E-state index contributed by atoms with van der Waals surface area (Å²) in [6.45, 7) is 6.61. The van der Waals surface area contributed by atoms with Gasteiger partial charge < -0.3 is 10.2 Å². The Morgan fingerprint density at radius 2 is 2.00 bits per heavy atom. The van der Waals surface area contributed by atoms with Crippen molar-refractivity contribution in [3.8, 4) is 0 Å². The lowest BCUT2D eigenvalue weighted by Gasteiger charge is -2.32. The van der Waals surface area contributed by atoms with E-state index in [9.17, 15) is 4.79 Å². The highest BCUT2D eigenvalue weighted by molar-refractivity contribution is 6.06. The molecule has 4 rings (SSSR count). The van der Waals surface area contributed by atoms with E-state index in [0.29, 0.717) is 12.0 Å². The Hall–Kier alpha value is -1.36. The van der Waals surface area contributed by atoms with Gasteiger partial charge in [-0.05, 0) is 44.9 Å². The van der Waals surface area contributed by atoms with Crippen molar-refractivity contribution in [2.75, 3.05) is 19.6 Å². The molecule has 1 saturated carbocycles. The summed E-state index contributed by atoms with van der Waals surface area (Å²) in [7, 11) is 0. The van der Waals surface area contributed by atoms with Crippen molar-refractivity contribution >= 4 is 41.6 Å². The van der Waals surface area contributed by atoms with Crippen molar-refractivity contribution in [1.29, 1.82) is 0 Å². The molecule has 0 bridgehead atoms. The number of rotatable bonds is 2. The van der Waals surface area contributed by atoms with Crippen LogP contribution in [-0.2, 0) is 0 Å². The summed E-state index contributed by atoms with van der Waals surface area (Å²) in [5.74, 6) is 0.701. The summed E-state index contributed by atoms with van der Waals surface area (Å²) >= 11 is 0. The van der Waals surface area contributed by atoms with Crippen molar-refractivity contribution in [3.05, 3.63) is 41.1 Å². The lowest BCUT2D eigenvalue weighted by atomic mass is 10.0. The minimum absolute atomic E-state index is 0. The molecule has 1 aliphatic carbocycles. The van der Waals surface area contributed by atoms with Crippen LogP contribution >= 0.6 is 24.8 Å². The summed E-state index contributed by atoms with van der Waals surface area (Å²) in [6.07, 6.45) is 2.39. The highest BCUT2D eigenvalue weighted by Crippen LogP contribution is 2.40. The molecule has 2 aromatic rings. The maximum Gasteiger partial charge on any atom is 0.254 e. The largest absolute Gasteiger partial charge is 0.336 e. The predicted octanol–water partition coefficient (Wildman–Crippen LogP) is 3.70. The summed E-state index contributed by atoms with van der Waals surface area (Å²) < 4.78 is 0. The van der Waals surface area contributed by atoms with E-state index in [2.05, 4.69) is 37.4 Å². The molecule has 1 saturated heterocycles. The lowest BCUT2D eigenvalue weighted by molar-refractivity contribution is 0.0711. The van der Waals surface area contributed by atoms with Crippen LogP contribution in [0.2, 0.25) is 0 Å². The summed E-state index contributed by atoms with van der Waals surface area (Å²) in [5, 5.41) is 4.39. The molecule has 4 nitrogen and oxygen atoms in total. The van der Waals surface area contributed by atoms with Crippen LogP contribution in [0.25, 0.3) is 10.9 Å². The zero-order valence-corrected chi connectivity index (χ0v) is 16.3. The summed E-state index contributed by atoms with van der Waals surface area (Å²) in [5.41, 5.74) is 4.04. The fourth-order valence-corrected chi connectivity index (χ4v) is 3.41. The molecule has 1 aliphatic heterocycles. The van der Waals surface area contributed by atoms with Gasteiger partial charge in [0.15, 0.2) is 0 Å². The van der Waals surface area contributed by atoms with Crippen LogP contribution < -0.4 is 5.32 Å². The minimum atomic E-state index is 0. The third kappa shape index (κ3) is 4.08. The number of nitrogens with one attached hydrogen (secondary N) is 1. The topological polar surface area (TPSA) is 45.2 Å². The van der Waals surface area contributed by atoms with Gasteiger partial charge in [0.05, 0.1) is 11.1 Å². The molecule has 0 spiro atoms. The normalized spacial score (nSPS) is 19.9. The number of pyridine rings is 1. The van der Waals surface area contributed by atoms with Gasteiger partial charge in [-0.15, -0.1) is 24.8 Å². The molecule has 2 heterocycles. The number of aromatic nitrogens is 1. The van der Waals surface area contributed by atoms with E-state index in [4.69, 9.17) is 4.98 Å². The average molecular weight is 382 g/mol.